The molecule has 0 fully saturated rings. The summed E-state index contributed by atoms with van der Waals surface area (Å²) < 4.78 is 41.2. The summed E-state index contributed by atoms with van der Waals surface area (Å²) in [5, 5.41) is 2.65. The Balaban J connectivity index is 2.04. The highest BCUT2D eigenvalue weighted by Crippen LogP contribution is 2.27. The van der Waals surface area contributed by atoms with Crippen LogP contribution in [0.1, 0.15) is 16.3 Å². The third-order valence-electron chi connectivity index (χ3n) is 3.03. The van der Waals surface area contributed by atoms with Crippen LogP contribution >= 0.6 is 11.3 Å². The van der Waals surface area contributed by atoms with E-state index >= 15 is 0 Å². The second kappa shape index (κ2) is 6.99. The van der Waals surface area contributed by atoms with Crippen LogP contribution in [-0.4, -0.2) is 29.2 Å². The van der Waals surface area contributed by atoms with E-state index in [0.717, 1.165) is 5.01 Å². The van der Waals surface area contributed by atoms with Gasteiger partial charge in [-0.2, -0.15) is 0 Å². The largest absolute Gasteiger partial charge is 0.573 e. The average Bonchev–Trinajstić information content (AvgIpc) is 2.84. The molecule has 2 aromatic rings. The minimum absolute atomic E-state index is 0.0220. The summed E-state index contributed by atoms with van der Waals surface area (Å²) >= 11 is 1.44. The lowest BCUT2D eigenvalue weighted by molar-refractivity contribution is -0.275. The first-order valence-electron chi connectivity index (χ1n) is 6.73. The zero-order chi connectivity index (χ0) is 17.0. The summed E-state index contributed by atoms with van der Waals surface area (Å²) in [6, 6.07) is 5.77. The predicted octanol–water partition coefficient (Wildman–Crippen LogP) is 3.55. The summed E-state index contributed by atoms with van der Waals surface area (Å²) in [6.45, 7) is 1.86. The van der Waals surface area contributed by atoms with Crippen LogP contribution in [0.25, 0.3) is 0 Å². The van der Waals surface area contributed by atoms with Crippen molar-refractivity contribution in [2.45, 2.75) is 26.3 Å². The molecule has 1 heterocycles. The van der Waals surface area contributed by atoms with Crippen molar-refractivity contribution in [1.82, 2.24) is 9.88 Å². The van der Waals surface area contributed by atoms with Gasteiger partial charge < -0.3 is 9.64 Å². The highest BCUT2D eigenvalue weighted by atomic mass is 32.1. The standard InChI is InChI=1S/C15H15F3N2O2S/c1-10-19-12(9-23-10)7-14(21)20(2)8-11-5-3-4-6-13(11)22-15(16,17)18/h3-6,9H,7-8H2,1-2H3. The molecule has 0 aliphatic heterocycles. The third-order valence-corrected chi connectivity index (χ3v) is 3.85. The summed E-state index contributed by atoms with van der Waals surface area (Å²) in [4.78, 5) is 17.7. The molecule has 0 aliphatic rings. The van der Waals surface area contributed by atoms with Gasteiger partial charge in [-0.3, -0.25) is 4.79 Å². The smallest absolute Gasteiger partial charge is 0.405 e. The van der Waals surface area contributed by atoms with Gasteiger partial charge in [0, 0.05) is 24.5 Å². The van der Waals surface area contributed by atoms with E-state index < -0.39 is 6.36 Å². The van der Waals surface area contributed by atoms with E-state index in [1.54, 1.807) is 11.4 Å². The molecule has 0 saturated carbocycles. The minimum atomic E-state index is -4.77. The Morgan fingerprint density at radius 1 is 1.35 bits per heavy atom. The number of halogens is 3. The molecular weight excluding hydrogens is 329 g/mol. The second-order valence-corrected chi connectivity index (χ2v) is 6.00. The number of aromatic nitrogens is 1. The molecule has 0 radical (unpaired) electrons. The summed E-state index contributed by atoms with van der Waals surface area (Å²) in [5.74, 6) is -0.527. The Kier molecular flexibility index (Phi) is 5.25. The first-order chi connectivity index (χ1) is 10.7. The maximum atomic E-state index is 12.4. The fourth-order valence-corrected chi connectivity index (χ4v) is 2.59. The van der Waals surface area contributed by atoms with E-state index in [2.05, 4.69) is 9.72 Å². The molecule has 4 nitrogen and oxygen atoms in total. The highest BCUT2D eigenvalue weighted by molar-refractivity contribution is 7.09. The molecule has 2 rings (SSSR count). The van der Waals surface area contributed by atoms with Crippen LogP contribution in [0.4, 0.5) is 13.2 Å². The van der Waals surface area contributed by atoms with Crippen molar-refractivity contribution in [2.75, 3.05) is 7.05 Å². The van der Waals surface area contributed by atoms with Crippen LogP contribution in [-0.2, 0) is 17.8 Å². The molecule has 1 aromatic heterocycles. The quantitative estimate of drug-likeness (QED) is 0.833. The van der Waals surface area contributed by atoms with Gasteiger partial charge in [-0.05, 0) is 13.0 Å². The van der Waals surface area contributed by atoms with Crippen LogP contribution < -0.4 is 4.74 Å². The van der Waals surface area contributed by atoms with Gasteiger partial charge in [-0.25, -0.2) is 4.98 Å². The van der Waals surface area contributed by atoms with Crippen molar-refractivity contribution in [3.05, 3.63) is 45.9 Å². The number of thiazole rings is 1. The molecule has 124 valence electrons. The average molecular weight is 344 g/mol. The maximum absolute atomic E-state index is 12.4. The van der Waals surface area contributed by atoms with Crippen LogP contribution in [0.3, 0.4) is 0 Å². The van der Waals surface area contributed by atoms with Gasteiger partial charge in [-0.1, -0.05) is 18.2 Å². The fraction of sp³-hybridized carbons (Fsp3) is 0.333. The summed E-state index contributed by atoms with van der Waals surface area (Å²) in [6.07, 6.45) is -4.65. The Bertz CT molecular complexity index is 685. The Hall–Kier alpha value is -2.09. The van der Waals surface area contributed by atoms with Crippen molar-refractivity contribution in [2.24, 2.45) is 0 Å². The molecule has 0 spiro atoms. The molecule has 0 unspecified atom stereocenters. The predicted molar refractivity (Wildman–Crippen MR) is 80.2 cm³/mol. The lowest BCUT2D eigenvalue weighted by Crippen LogP contribution is -2.28. The number of hydrogen-bond acceptors (Lipinski definition) is 4. The fourth-order valence-electron chi connectivity index (χ4n) is 1.98. The molecule has 0 saturated heterocycles. The lowest BCUT2D eigenvalue weighted by atomic mass is 10.2. The zero-order valence-corrected chi connectivity index (χ0v) is 13.4. The maximum Gasteiger partial charge on any atom is 0.573 e. The van der Waals surface area contributed by atoms with Gasteiger partial charge in [-0.15, -0.1) is 24.5 Å². The molecule has 1 amide bonds. The Morgan fingerprint density at radius 3 is 2.65 bits per heavy atom. The molecule has 23 heavy (non-hydrogen) atoms. The number of benzene rings is 1. The molecule has 1 aromatic carbocycles. The number of nitrogens with zero attached hydrogens (tertiary/aromatic N) is 2. The van der Waals surface area contributed by atoms with Gasteiger partial charge in [0.15, 0.2) is 0 Å². The number of carbonyl (C=O) groups is 1. The number of ether oxygens (including phenoxy) is 1. The number of alkyl halides is 3. The molecular formula is C15H15F3N2O2S. The zero-order valence-electron chi connectivity index (χ0n) is 12.6. The van der Waals surface area contributed by atoms with Crippen molar-refractivity contribution in [3.8, 4) is 5.75 Å². The van der Waals surface area contributed by atoms with Crippen LogP contribution in [0.15, 0.2) is 29.6 Å². The van der Waals surface area contributed by atoms with Crippen molar-refractivity contribution in [3.63, 3.8) is 0 Å². The van der Waals surface area contributed by atoms with Crippen molar-refractivity contribution in [1.29, 1.82) is 0 Å². The van der Waals surface area contributed by atoms with Crippen molar-refractivity contribution >= 4 is 17.2 Å². The van der Waals surface area contributed by atoms with Gasteiger partial charge in [0.1, 0.15) is 5.75 Å². The summed E-state index contributed by atoms with van der Waals surface area (Å²) in [7, 11) is 1.53. The summed E-state index contributed by atoms with van der Waals surface area (Å²) in [5.41, 5.74) is 0.944. The van der Waals surface area contributed by atoms with Gasteiger partial charge >= 0.3 is 6.36 Å². The van der Waals surface area contributed by atoms with E-state index in [9.17, 15) is 18.0 Å². The molecule has 0 atom stereocenters. The van der Waals surface area contributed by atoms with Gasteiger partial charge in [0.05, 0.1) is 17.1 Å². The number of likely N-dealkylation sites (N-methyl/N-ethyl adjacent to an activating group) is 1. The minimum Gasteiger partial charge on any atom is -0.405 e. The number of para-hydroxylation sites is 1. The Morgan fingerprint density at radius 2 is 2.04 bits per heavy atom. The highest BCUT2D eigenvalue weighted by Gasteiger charge is 2.32. The molecule has 0 aliphatic carbocycles. The first-order valence-corrected chi connectivity index (χ1v) is 7.61. The molecule has 0 bridgehead atoms. The first kappa shape index (κ1) is 17.3. The molecule has 8 heteroatoms. The number of hydrogen-bond donors (Lipinski definition) is 0. The Labute approximate surface area is 135 Å². The monoisotopic (exact) mass is 344 g/mol. The van der Waals surface area contributed by atoms with Crippen molar-refractivity contribution < 1.29 is 22.7 Å². The van der Waals surface area contributed by atoms with E-state index in [-0.39, 0.29) is 30.2 Å². The topological polar surface area (TPSA) is 42.4 Å². The van der Waals surface area contributed by atoms with Gasteiger partial charge in [0.25, 0.3) is 0 Å². The third kappa shape index (κ3) is 5.24. The van der Waals surface area contributed by atoms with E-state index in [1.165, 1.54) is 41.5 Å². The van der Waals surface area contributed by atoms with E-state index in [4.69, 9.17) is 0 Å². The van der Waals surface area contributed by atoms with E-state index in [0.29, 0.717) is 5.69 Å². The molecule has 0 N–H and O–H groups in total. The van der Waals surface area contributed by atoms with Gasteiger partial charge in [0.2, 0.25) is 5.91 Å². The van der Waals surface area contributed by atoms with Crippen LogP contribution in [0, 0.1) is 6.92 Å². The lowest BCUT2D eigenvalue weighted by Gasteiger charge is -2.19. The van der Waals surface area contributed by atoms with E-state index in [1.807, 2.05) is 6.92 Å². The second-order valence-electron chi connectivity index (χ2n) is 4.94. The van der Waals surface area contributed by atoms with Crippen LogP contribution in [0.5, 0.6) is 5.75 Å². The number of rotatable bonds is 5. The number of amides is 1. The van der Waals surface area contributed by atoms with Crippen LogP contribution in [0.2, 0.25) is 0 Å². The number of aryl methyl sites for hydroxylation is 1. The SMILES string of the molecule is Cc1nc(CC(=O)N(C)Cc2ccccc2OC(F)(F)F)cs1. The number of carbonyl (C=O) groups excluding carboxylic acids is 1. The normalized spacial score (nSPS) is 11.3.